The first-order chi connectivity index (χ1) is 28.7. The van der Waals surface area contributed by atoms with Crippen molar-refractivity contribution in [2.24, 2.45) is 0 Å². The first-order valence-electron chi connectivity index (χ1n) is 19.5. The predicted octanol–water partition coefficient (Wildman–Crippen LogP) is 14.3. The van der Waals surface area contributed by atoms with Crippen molar-refractivity contribution in [1.82, 2.24) is 19.5 Å². The minimum Gasteiger partial charge on any atom is -0.307 e. The Labute approximate surface area is 338 Å². The van der Waals surface area contributed by atoms with E-state index < -0.39 is 0 Å². The fourth-order valence-electron chi connectivity index (χ4n) is 8.60. The van der Waals surface area contributed by atoms with Gasteiger partial charge in [-0.25, -0.2) is 15.0 Å². The standard InChI is InChI=1S/C53H32N4S/c1-2-12-33(13-3-1)35-22-25-36(26-23-35)51-54-52(40-27-24-34-14-4-5-15-37(34)30-40)56-53(55-51)44-29-28-43-42-19-9-11-21-48(42)58-50(43)49(44)57-46-20-10-8-18-41(46)45-31-38-16-6-7-17-39(38)32-47(45)57/h1-32H. The largest absolute Gasteiger partial charge is 0.307 e. The summed E-state index contributed by atoms with van der Waals surface area (Å²) in [6.07, 6.45) is 0. The van der Waals surface area contributed by atoms with Gasteiger partial charge < -0.3 is 4.57 Å². The van der Waals surface area contributed by atoms with Crippen LogP contribution >= 0.6 is 11.3 Å². The van der Waals surface area contributed by atoms with Crippen molar-refractivity contribution in [2.45, 2.75) is 0 Å². The minimum absolute atomic E-state index is 0.626. The third-order valence-electron chi connectivity index (χ3n) is 11.4. The van der Waals surface area contributed by atoms with Crippen LogP contribution in [0.4, 0.5) is 0 Å². The Morgan fingerprint density at radius 1 is 0.345 bits per heavy atom. The summed E-state index contributed by atoms with van der Waals surface area (Å²) in [5.41, 5.74) is 8.48. The van der Waals surface area contributed by atoms with Crippen molar-refractivity contribution >= 4 is 74.9 Å². The Morgan fingerprint density at radius 3 is 1.74 bits per heavy atom. The van der Waals surface area contributed by atoms with Crippen LogP contribution in [0.1, 0.15) is 0 Å². The Bertz CT molecular complexity index is 3560. The van der Waals surface area contributed by atoms with Crippen LogP contribution in [0.5, 0.6) is 0 Å². The monoisotopic (exact) mass is 756 g/mol. The van der Waals surface area contributed by atoms with Crippen molar-refractivity contribution in [2.75, 3.05) is 0 Å². The maximum Gasteiger partial charge on any atom is 0.166 e. The van der Waals surface area contributed by atoms with E-state index in [0.29, 0.717) is 17.5 Å². The van der Waals surface area contributed by atoms with Gasteiger partial charge in [0.25, 0.3) is 0 Å². The lowest BCUT2D eigenvalue weighted by molar-refractivity contribution is 1.07. The molecule has 270 valence electrons. The maximum atomic E-state index is 5.38. The van der Waals surface area contributed by atoms with Crippen molar-refractivity contribution in [3.05, 3.63) is 194 Å². The van der Waals surface area contributed by atoms with Gasteiger partial charge in [-0.3, -0.25) is 0 Å². The third-order valence-corrected chi connectivity index (χ3v) is 12.6. The second-order valence-corrected chi connectivity index (χ2v) is 15.9. The summed E-state index contributed by atoms with van der Waals surface area (Å²) in [5.74, 6) is 1.89. The van der Waals surface area contributed by atoms with Gasteiger partial charge in [-0.15, -0.1) is 11.3 Å². The van der Waals surface area contributed by atoms with Gasteiger partial charge in [0.1, 0.15) is 0 Å². The van der Waals surface area contributed by atoms with Gasteiger partial charge in [-0.2, -0.15) is 0 Å². The highest BCUT2D eigenvalue weighted by molar-refractivity contribution is 7.26. The lowest BCUT2D eigenvalue weighted by Gasteiger charge is -2.16. The Morgan fingerprint density at radius 2 is 0.931 bits per heavy atom. The molecule has 3 aromatic heterocycles. The molecule has 0 saturated carbocycles. The molecular weight excluding hydrogens is 725 g/mol. The molecule has 12 aromatic rings. The highest BCUT2D eigenvalue weighted by atomic mass is 32.1. The highest BCUT2D eigenvalue weighted by Crippen LogP contribution is 2.45. The van der Waals surface area contributed by atoms with Crippen LogP contribution in [0, 0.1) is 0 Å². The molecule has 58 heavy (non-hydrogen) atoms. The molecule has 3 heterocycles. The van der Waals surface area contributed by atoms with E-state index in [1.54, 1.807) is 0 Å². The molecule has 12 rings (SSSR count). The van der Waals surface area contributed by atoms with Crippen molar-refractivity contribution in [3.8, 4) is 51.0 Å². The zero-order chi connectivity index (χ0) is 38.2. The van der Waals surface area contributed by atoms with E-state index in [2.05, 4.69) is 193 Å². The molecule has 5 heteroatoms. The topological polar surface area (TPSA) is 43.6 Å². The molecule has 0 aliphatic carbocycles. The molecule has 4 nitrogen and oxygen atoms in total. The Kier molecular flexibility index (Phi) is 7.37. The second kappa shape index (κ2) is 13.1. The molecule has 0 amide bonds. The SMILES string of the molecule is c1ccc(-c2ccc(-c3nc(-c4ccc5ccccc5c4)nc(-c4ccc5c(sc6ccccc65)c4-n4c5ccccc5c5cc6ccccc6cc54)n3)cc2)cc1. The quantitative estimate of drug-likeness (QED) is 0.176. The zero-order valence-electron chi connectivity index (χ0n) is 31.2. The fourth-order valence-corrected chi connectivity index (χ4v) is 9.84. The number of rotatable bonds is 5. The maximum absolute atomic E-state index is 5.38. The number of para-hydroxylation sites is 1. The summed E-state index contributed by atoms with van der Waals surface area (Å²) >= 11 is 1.83. The van der Waals surface area contributed by atoms with Crippen LogP contribution in [-0.4, -0.2) is 19.5 Å². The van der Waals surface area contributed by atoms with E-state index in [9.17, 15) is 0 Å². The van der Waals surface area contributed by atoms with Crippen LogP contribution in [0.3, 0.4) is 0 Å². The molecule has 0 N–H and O–H groups in total. The average Bonchev–Trinajstić information content (AvgIpc) is 3.83. The summed E-state index contributed by atoms with van der Waals surface area (Å²) < 4.78 is 4.89. The van der Waals surface area contributed by atoms with Crippen LogP contribution in [0.15, 0.2) is 194 Å². The zero-order valence-corrected chi connectivity index (χ0v) is 32.0. The molecular formula is C53H32N4S. The van der Waals surface area contributed by atoms with Crippen LogP contribution in [-0.2, 0) is 0 Å². The lowest BCUT2D eigenvalue weighted by Crippen LogP contribution is -2.04. The first-order valence-corrected chi connectivity index (χ1v) is 20.3. The van der Waals surface area contributed by atoms with Gasteiger partial charge in [0.2, 0.25) is 0 Å². The Hall–Kier alpha value is -7.47. The van der Waals surface area contributed by atoms with E-state index in [1.165, 1.54) is 52.7 Å². The number of benzene rings is 9. The van der Waals surface area contributed by atoms with E-state index >= 15 is 0 Å². The number of fused-ring (bicyclic) bond motifs is 8. The van der Waals surface area contributed by atoms with E-state index in [0.717, 1.165) is 44.4 Å². The number of hydrogen-bond donors (Lipinski definition) is 0. The van der Waals surface area contributed by atoms with E-state index in [4.69, 9.17) is 15.0 Å². The van der Waals surface area contributed by atoms with Gasteiger partial charge in [0.15, 0.2) is 17.5 Å². The molecule has 0 fully saturated rings. The number of aromatic nitrogens is 4. The first kappa shape index (κ1) is 32.7. The van der Waals surface area contributed by atoms with Crippen LogP contribution in [0.2, 0.25) is 0 Å². The predicted molar refractivity (Wildman–Crippen MR) is 244 cm³/mol. The van der Waals surface area contributed by atoms with Gasteiger partial charge in [0, 0.05) is 42.9 Å². The minimum atomic E-state index is 0.626. The Balaban J connectivity index is 1.17. The van der Waals surface area contributed by atoms with Crippen LogP contribution < -0.4 is 0 Å². The van der Waals surface area contributed by atoms with Crippen molar-refractivity contribution in [1.29, 1.82) is 0 Å². The smallest absolute Gasteiger partial charge is 0.166 e. The highest BCUT2D eigenvalue weighted by Gasteiger charge is 2.24. The normalized spacial score (nSPS) is 11.8. The molecule has 9 aromatic carbocycles. The van der Waals surface area contributed by atoms with Gasteiger partial charge in [-0.1, -0.05) is 158 Å². The molecule has 0 aliphatic heterocycles. The summed E-state index contributed by atoms with van der Waals surface area (Å²) in [7, 11) is 0. The third kappa shape index (κ3) is 5.25. The number of nitrogens with zero attached hydrogens (tertiary/aromatic N) is 4. The fraction of sp³-hybridized carbons (Fsp3) is 0. The van der Waals surface area contributed by atoms with Gasteiger partial charge in [-0.05, 0) is 69.1 Å². The molecule has 0 aliphatic rings. The molecule has 0 radical (unpaired) electrons. The summed E-state index contributed by atoms with van der Waals surface area (Å²) in [6.45, 7) is 0. The average molecular weight is 757 g/mol. The number of thiophene rings is 1. The molecule has 0 bridgehead atoms. The molecule has 0 spiro atoms. The number of hydrogen-bond acceptors (Lipinski definition) is 4. The van der Waals surface area contributed by atoms with Gasteiger partial charge >= 0.3 is 0 Å². The van der Waals surface area contributed by atoms with Gasteiger partial charge in [0.05, 0.1) is 21.4 Å². The van der Waals surface area contributed by atoms with Crippen molar-refractivity contribution < 1.29 is 0 Å². The summed E-state index contributed by atoms with van der Waals surface area (Å²) in [6, 6.07) is 69.2. The van der Waals surface area contributed by atoms with E-state index in [1.807, 2.05) is 17.4 Å². The van der Waals surface area contributed by atoms with Crippen LogP contribution in [0.25, 0.3) is 115 Å². The summed E-state index contributed by atoms with van der Waals surface area (Å²) in [4.78, 5) is 16.0. The molecule has 0 saturated heterocycles. The lowest BCUT2D eigenvalue weighted by atomic mass is 10.0. The van der Waals surface area contributed by atoms with Crippen molar-refractivity contribution in [3.63, 3.8) is 0 Å². The van der Waals surface area contributed by atoms with E-state index in [-0.39, 0.29) is 0 Å². The molecule has 0 unspecified atom stereocenters. The molecule has 0 atom stereocenters. The second-order valence-electron chi connectivity index (χ2n) is 14.8. The summed E-state index contributed by atoms with van der Waals surface area (Å²) in [5, 5.41) is 9.61.